The van der Waals surface area contributed by atoms with E-state index in [4.69, 9.17) is 9.84 Å². The topological polar surface area (TPSA) is 86.7 Å². The molecule has 7 nitrogen and oxygen atoms in total. The number of nitrogens with one attached hydrogen (secondary N) is 2. The fraction of sp³-hybridized carbons (Fsp3) is 0.500. The van der Waals surface area contributed by atoms with Crippen molar-refractivity contribution < 1.29 is 19.0 Å². The van der Waals surface area contributed by atoms with Gasteiger partial charge in [0.05, 0.1) is 24.8 Å². The van der Waals surface area contributed by atoms with Crippen LogP contribution in [0.2, 0.25) is 0 Å². The average Bonchev–Trinajstić information content (AvgIpc) is 3.26. The summed E-state index contributed by atoms with van der Waals surface area (Å²) >= 11 is 0. The summed E-state index contributed by atoms with van der Waals surface area (Å²) in [6.45, 7) is 7.49. The first-order valence-corrected chi connectivity index (χ1v) is 11.2. The van der Waals surface area contributed by atoms with E-state index in [1.165, 1.54) is 0 Å². The van der Waals surface area contributed by atoms with E-state index >= 15 is 0 Å². The first-order valence-electron chi connectivity index (χ1n) is 11.2. The van der Waals surface area contributed by atoms with Crippen molar-refractivity contribution in [1.29, 1.82) is 0 Å². The molecule has 3 N–H and O–H groups in total. The molecule has 1 fully saturated rings. The molecule has 0 aliphatic carbocycles. The Morgan fingerprint density at radius 1 is 1.31 bits per heavy atom. The Morgan fingerprint density at radius 2 is 2.06 bits per heavy atom. The van der Waals surface area contributed by atoms with Crippen LogP contribution in [0.5, 0.6) is 5.75 Å². The first-order chi connectivity index (χ1) is 15.4. The molecule has 1 aromatic heterocycles. The molecule has 0 radical (unpaired) electrons. The number of aliphatic hydroxyl groups excluding tert-OH is 1. The van der Waals surface area contributed by atoms with Gasteiger partial charge in [0, 0.05) is 31.7 Å². The Bertz CT molecular complexity index is 893. The second kappa shape index (κ2) is 11.1. The minimum atomic E-state index is -0.329. The third-order valence-electron chi connectivity index (χ3n) is 5.64. The maximum absolute atomic E-state index is 14.8. The maximum Gasteiger partial charge on any atom is 0.227 e. The number of hydrogen-bond acceptors (Lipinski definition) is 6. The van der Waals surface area contributed by atoms with Crippen LogP contribution in [0.15, 0.2) is 36.5 Å². The highest BCUT2D eigenvalue weighted by Crippen LogP contribution is 2.29. The number of carbonyl (C=O) groups excluding carboxylic acids is 1. The molecule has 8 heteroatoms. The van der Waals surface area contributed by atoms with Gasteiger partial charge in [-0.2, -0.15) is 0 Å². The van der Waals surface area contributed by atoms with Crippen molar-refractivity contribution in [3.63, 3.8) is 0 Å². The number of benzene rings is 1. The highest BCUT2D eigenvalue weighted by Gasteiger charge is 2.27. The van der Waals surface area contributed by atoms with Crippen LogP contribution in [0.25, 0.3) is 0 Å². The molecule has 1 aromatic carbocycles. The molecule has 1 saturated heterocycles. The number of anilines is 2. The van der Waals surface area contributed by atoms with Gasteiger partial charge in [-0.05, 0) is 44.0 Å². The van der Waals surface area contributed by atoms with E-state index in [0.29, 0.717) is 25.3 Å². The quantitative estimate of drug-likeness (QED) is 0.521. The fourth-order valence-electron chi connectivity index (χ4n) is 3.68. The van der Waals surface area contributed by atoms with Crippen molar-refractivity contribution >= 4 is 17.4 Å². The van der Waals surface area contributed by atoms with Crippen LogP contribution < -0.4 is 20.3 Å². The largest absolute Gasteiger partial charge is 0.489 e. The van der Waals surface area contributed by atoms with Crippen molar-refractivity contribution in [1.82, 2.24) is 10.3 Å². The lowest BCUT2D eigenvalue weighted by Gasteiger charge is -2.21. The Kier molecular flexibility index (Phi) is 8.27. The SMILES string of the molecule is CCCNc1nccc(N2CCC(Oc3ccc(C(C)C(=O)NC(C)CO)cc3)C2)c1F. The smallest absolute Gasteiger partial charge is 0.227 e. The molecule has 0 saturated carbocycles. The number of ether oxygens (including phenoxy) is 1. The molecule has 1 amide bonds. The van der Waals surface area contributed by atoms with Crippen molar-refractivity contribution in [3.8, 4) is 5.75 Å². The maximum atomic E-state index is 14.8. The summed E-state index contributed by atoms with van der Waals surface area (Å²) in [7, 11) is 0. The molecular weight excluding hydrogens is 411 g/mol. The summed E-state index contributed by atoms with van der Waals surface area (Å²) in [6, 6.07) is 8.90. The van der Waals surface area contributed by atoms with E-state index in [2.05, 4.69) is 15.6 Å². The first kappa shape index (κ1) is 23.8. The molecular formula is C24H33FN4O3. The Hall–Kier alpha value is -2.87. The minimum Gasteiger partial charge on any atom is -0.489 e. The molecule has 3 unspecified atom stereocenters. The Morgan fingerprint density at radius 3 is 2.75 bits per heavy atom. The van der Waals surface area contributed by atoms with Gasteiger partial charge in [-0.25, -0.2) is 9.37 Å². The van der Waals surface area contributed by atoms with E-state index < -0.39 is 0 Å². The van der Waals surface area contributed by atoms with E-state index in [9.17, 15) is 9.18 Å². The van der Waals surface area contributed by atoms with Gasteiger partial charge in [0.25, 0.3) is 0 Å². The van der Waals surface area contributed by atoms with Crippen molar-refractivity contribution in [2.24, 2.45) is 0 Å². The van der Waals surface area contributed by atoms with Crippen molar-refractivity contribution in [3.05, 3.63) is 47.9 Å². The lowest BCUT2D eigenvalue weighted by molar-refractivity contribution is -0.123. The highest BCUT2D eigenvalue weighted by molar-refractivity contribution is 5.83. The van der Waals surface area contributed by atoms with Crippen LogP contribution in [0, 0.1) is 5.82 Å². The average molecular weight is 445 g/mol. The number of aliphatic hydroxyl groups is 1. The molecule has 3 atom stereocenters. The lowest BCUT2D eigenvalue weighted by atomic mass is 10.00. The second-order valence-electron chi connectivity index (χ2n) is 8.28. The molecule has 0 bridgehead atoms. The van der Waals surface area contributed by atoms with Crippen LogP contribution in [0.1, 0.15) is 45.1 Å². The van der Waals surface area contributed by atoms with E-state index in [1.54, 1.807) is 19.2 Å². The standard InChI is InChI=1S/C24H33FN4O3/c1-4-11-26-23-22(25)21(9-12-27-23)29-13-10-20(14-29)32-19-7-5-18(6-8-19)17(3)24(31)28-16(2)15-30/h5-9,12,16-17,20,30H,4,10-11,13-15H2,1-3H3,(H,26,27)(H,28,31). The molecule has 2 heterocycles. The van der Waals surface area contributed by atoms with Crippen molar-refractivity contribution in [2.45, 2.75) is 51.7 Å². The highest BCUT2D eigenvalue weighted by atomic mass is 19.1. The lowest BCUT2D eigenvalue weighted by Crippen LogP contribution is -2.37. The summed E-state index contributed by atoms with van der Waals surface area (Å²) in [5, 5.41) is 14.9. The van der Waals surface area contributed by atoms with Gasteiger partial charge in [0.2, 0.25) is 5.91 Å². The second-order valence-corrected chi connectivity index (χ2v) is 8.28. The summed E-state index contributed by atoms with van der Waals surface area (Å²) in [5.41, 5.74) is 1.41. The predicted molar refractivity (Wildman–Crippen MR) is 124 cm³/mol. The monoisotopic (exact) mass is 444 g/mol. The number of pyridine rings is 1. The zero-order valence-corrected chi connectivity index (χ0v) is 19.0. The zero-order valence-electron chi connectivity index (χ0n) is 19.0. The predicted octanol–water partition coefficient (Wildman–Crippen LogP) is 3.30. The zero-order chi connectivity index (χ0) is 23.1. The number of halogens is 1. The summed E-state index contributed by atoms with van der Waals surface area (Å²) in [6.07, 6.45) is 3.27. The molecule has 32 heavy (non-hydrogen) atoms. The van der Waals surface area contributed by atoms with Crippen LogP contribution >= 0.6 is 0 Å². The van der Waals surface area contributed by atoms with Crippen LogP contribution in [0.4, 0.5) is 15.9 Å². The number of aromatic nitrogens is 1. The Balaban J connectivity index is 1.57. The third-order valence-corrected chi connectivity index (χ3v) is 5.64. The van der Waals surface area contributed by atoms with Gasteiger partial charge >= 0.3 is 0 Å². The number of amides is 1. The summed E-state index contributed by atoms with van der Waals surface area (Å²) < 4.78 is 20.9. The third kappa shape index (κ3) is 5.88. The molecule has 3 rings (SSSR count). The molecule has 0 spiro atoms. The molecule has 2 aromatic rings. The number of carbonyl (C=O) groups is 1. The molecule has 1 aliphatic rings. The normalized spacial score (nSPS) is 17.7. The van der Waals surface area contributed by atoms with E-state index in [-0.39, 0.29) is 42.2 Å². The van der Waals surface area contributed by atoms with Gasteiger partial charge in [-0.3, -0.25) is 4.79 Å². The van der Waals surface area contributed by atoms with Crippen LogP contribution in [-0.4, -0.2) is 54.4 Å². The summed E-state index contributed by atoms with van der Waals surface area (Å²) in [4.78, 5) is 18.4. The molecule has 1 aliphatic heterocycles. The van der Waals surface area contributed by atoms with Gasteiger partial charge in [0.1, 0.15) is 11.9 Å². The van der Waals surface area contributed by atoms with Gasteiger partial charge in [-0.15, -0.1) is 0 Å². The van der Waals surface area contributed by atoms with Crippen LogP contribution in [-0.2, 0) is 4.79 Å². The minimum absolute atomic E-state index is 0.0495. The number of hydrogen-bond donors (Lipinski definition) is 3. The molecule has 174 valence electrons. The van der Waals surface area contributed by atoms with E-state index in [1.807, 2.05) is 43.0 Å². The summed E-state index contributed by atoms with van der Waals surface area (Å²) in [5.74, 6) is 0.228. The van der Waals surface area contributed by atoms with Gasteiger partial charge < -0.3 is 25.4 Å². The Labute approximate surface area is 189 Å². The number of nitrogens with zero attached hydrogens (tertiary/aromatic N) is 2. The van der Waals surface area contributed by atoms with Crippen LogP contribution in [0.3, 0.4) is 0 Å². The van der Waals surface area contributed by atoms with Crippen molar-refractivity contribution in [2.75, 3.05) is 36.5 Å². The van der Waals surface area contributed by atoms with Gasteiger partial charge in [0.15, 0.2) is 11.6 Å². The van der Waals surface area contributed by atoms with Gasteiger partial charge in [-0.1, -0.05) is 19.1 Å². The number of rotatable bonds is 10. The fourth-order valence-corrected chi connectivity index (χ4v) is 3.68. The van der Waals surface area contributed by atoms with E-state index in [0.717, 1.165) is 24.2 Å².